The van der Waals surface area contributed by atoms with Crippen molar-refractivity contribution in [2.45, 2.75) is 26.2 Å². The van der Waals surface area contributed by atoms with Crippen LogP contribution in [0.5, 0.6) is 0 Å². The molecule has 3 rings (SSSR count). The molecule has 0 bridgehead atoms. The summed E-state index contributed by atoms with van der Waals surface area (Å²) in [6, 6.07) is 17.8. The molecule has 5 nitrogen and oxygen atoms in total. The number of aryl methyl sites for hydroxylation is 1. The van der Waals surface area contributed by atoms with Crippen LogP contribution in [0.2, 0.25) is 0 Å². The molecule has 2 aromatic carbocycles. The van der Waals surface area contributed by atoms with Crippen molar-refractivity contribution in [1.29, 1.82) is 0 Å². The number of nitrogens with zero attached hydrogens (tertiary/aromatic N) is 1. The molecular weight excluding hydrogens is 372 g/mol. The average Bonchev–Trinajstić information content (AvgIpc) is 3.16. The third kappa shape index (κ3) is 5.50. The van der Waals surface area contributed by atoms with Gasteiger partial charge in [-0.15, -0.1) is 11.3 Å². The summed E-state index contributed by atoms with van der Waals surface area (Å²) in [5, 5.41) is 5.04. The Morgan fingerprint density at radius 1 is 1.11 bits per heavy atom. The van der Waals surface area contributed by atoms with Crippen molar-refractivity contribution in [2.24, 2.45) is 0 Å². The van der Waals surface area contributed by atoms with E-state index in [4.69, 9.17) is 4.74 Å². The number of hydrogen-bond donors (Lipinski definition) is 1. The Morgan fingerprint density at radius 2 is 1.82 bits per heavy atom. The van der Waals surface area contributed by atoms with Crippen molar-refractivity contribution >= 4 is 28.3 Å². The number of amides is 1. The fraction of sp³-hybridized carbons (Fsp3) is 0.227. The highest BCUT2D eigenvalue weighted by Crippen LogP contribution is 2.25. The van der Waals surface area contributed by atoms with Crippen LogP contribution in [0.1, 0.15) is 30.4 Å². The third-order valence-corrected chi connectivity index (χ3v) is 5.06. The second kappa shape index (κ2) is 9.28. The zero-order valence-corrected chi connectivity index (χ0v) is 16.7. The Hall–Kier alpha value is -2.99. The molecule has 0 unspecified atom stereocenters. The highest BCUT2D eigenvalue weighted by molar-refractivity contribution is 7.14. The van der Waals surface area contributed by atoms with Crippen LogP contribution in [-0.2, 0) is 14.3 Å². The summed E-state index contributed by atoms with van der Waals surface area (Å²) in [5.74, 6) is -0.760. The Kier molecular flexibility index (Phi) is 6.55. The number of ether oxygens (including phenoxy) is 1. The van der Waals surface area contributed by atoms with Gasteiger partial charge in [0.05, 0.1) is 12.1 Å². The lowest BCUT2D eigenvalue weighted by molar-refractivity contribution is -0.147. The van der Waals surface area contributed by atoms with E-state index in [0.29, 0.717) is 5.13 Å². The van der Waals surface area contributed by atoms with Gasteiger partial charge in [-0.2, -0.15) is 0 Å². The van der Waals surface area contributed by atoms with Gasteiger partial charge in [0.25, 0.3) is 5.91 Å². The minimum Gasteiger partial charge on any atom is -0.456 e. The molecule has 0 radical (unpaired) electrons. The predicted molar refractivity (Wildman–Crippen MR) is 111 cm³/mol. The van der Waals surface area contributed by atoms with E-state index in [-0.39, 0.29) is 18.9 Å². The van der Waals surface area contributed by atoms with Crippen molar-refractivity contribution in [2.75, 3.05) is 11.9 Å². The zero-order chi connectivity index (χ0) is 19.9. The SMILES string of the molecule is Cc1ccc(-c2csc(NC(=O)COC(=O)C[C@H](C)c3ccccc3)n2)cc1. The number of rotatable bonds is 7. The lowest BCUT2D eigenvalue weighted by Gasteiger charge is -2.11. The number of carbonyl (C=O) groups excluding carboxylic acids is 2. The summed E-state index contributed by atoms with van der Waals surface area (Å²) in [4.78, 5) is 28.4. The molecule has 0 fully saturated rings. The molecule has 0 saturated heterocycles. The van der Waals surface area contributed by atoms with E-state index >= 15 is 0 Å². The van der Waals surface area contributed by atoms with Gasteiger partial charge in [0, 0.05) is 10.9 Å². The van der Waals surface area contributed by atoms with Crippen LogP contribution in [0.15, 0.2) is 60.0 Å². The Bertz CT molecular complexity index is 936. The normalized spacial score (nSPS) is 11.6. The highest BCUT2D eigenvalue weighted by atomic mass is 32.1. The highest BCUT2D eigenvalue weighted by Gasteiger charge is 2.14. The molecule has 6 heteroatoms. The van der Waals surface area contributed by atoms with Gasteiger partial charge in [-0.05, 0) is 18.4 Å². The quantitative estimate of drug-likeness (QED) is 0.585. The van der Waals surface area contributed by atoms with Gasteiger partial charge in [0.2, 0.25) is 0 Å². The van der Waals surface area contributed by atoms with Gasteiger partial charge in [-0.25, -0.2) is 4.98 Å². The average molecular weight is 394 g/mol. The second-order valence-electron chi connectivity index (χ2n) is 6.63. The molecule has 1 N–H and O–H groups in total. The van der Waals surface area contributed by atoms with Crippen LogP contribution in [0.3, 0.4) is 0 Å². The van der Waals surface area contributed by atoms with Gasteiger partial charge in [0.1, 0.15) is 0 Å². The van der Waals surface area contributed by atoms with Crippen molar-refractivity contribution in [1.82, 2.24) is 4.98 Å². The fourth-order valence-electron chi connectivity index (χ4n) is 2.70. The molecule has 0 aliphatic carbocycles. The van der Waals surface area contributed by atoms with Gasteiger partial charge in [-0.1, -0.05) is 67.1 Å². The Labute approximate surface area is 168 Å². The molecule has 0 spiro atoms. The summed E-state index contributed by atoms with van der Waals surface area (Å²) in [7, 11) is 0. The molecule has 0 aliphatic rings. The summed E-state index contributed by atoms with van der Waals surface area (Å²) >= 11 is 1.34. The summed E-state index contributed by atoms with van der Waals surface area (Å²) < 4.78 is 5.10. The third-order valence-electron chi connectivity index (χ3n) is 4.30. The Balaban J connectivity index is 1.47. The fourth-order valence-corrected chi connectivity index (χ4v) is 3.43. The number of thiazole rings is 1. The molecule has 1 atom stereocenters. The van der Waals surface area contributed by atoms with Gasteiger partial charge in [-0.3, -0.25) is 14.9 Å². The van der Waals surface area contributed by atoms with E-state index in [9.17, 15) is 9.59 Å². The van der Waals surface area contributed by atoms with Crippen molar-refractivity contribution in [3.05, 3.63) is 71.1 Å². The first-order chi connectivity index (χ1) is 13.5. The number of aromatic nitrogens is 1. The largest absolute Gasteiger partial charge is 0.456 e. The van der Waals surface area contributed by atoms with Crippen LogP contribution in [0.25, 0.3) is 11.3 Å². The standard InChI is InChI=1S/C22H22N2O3S/c1-15-8-10-18(11-9-15)19-14-28-22(23-19)24-20(25)13-27-21(26)12-16(2)17-6-4-3-5-7-17/h3-11,14,16H,12-13H2,1-2H3,(H,23,24,25)/t16-/m0/s1. The first-order valence-electron chi connectivity index (χ1n) is 9.04. The van der Waals surface area contributed by atoms with Crippen LogP contribution >= 0.6 is 11.3 Å². The summed E-state index contributed by atoms with van der Waals surface area (Å²) in [6.07, 6.45) is 0.228. The maximum atomic E-state index is 12.0. The number of carbonyl (C=O) groups is 2. The molecule has 0 saturated carbocycles. The molecule has 1 heterocycles. The lowest BCUT2D eigenvalue weighted by Crippen LogP contribution is -2.21. The minimum absolute atomic E-state index is 0.0350. The van der Waals surface area contributed by atoms with E-state index in [2.05, 4.69) is 10.3 Å². The van der Waals surface area contributed by atoms with E-state index in [1.54, 1.807) is 0 Å². The summed E-state index contributed by atoms with van der Waals surface area (Å²) in [5.41, 5.74) is 4.03. The number of nitrogens with one attached hydrogen (secondary N) is 1. The molecule has 1 amide bonds. The number of esters is 1. The van der Waals surface area contributed by atoms with Gasteiger partial charge in [0.15, 0.2) is 11.7 Å². The first kappa shape index (κ1) is 19.8. The van der Waals surface area contributed by atoms with Crippen LogP contribution < -0.4 is 5.32 Å². The lowest BCUT2D eigenvalue weighted by atomic mass is 9.98. The van der Waals surface area contributed by atoms with Crippen molar-refractivity contribution < 1.29 is 14.3 Å². The molecule has 144 valence electrons. The second-order valence-corrected chi connectivity index (χ2v) is 7.49. The number of anilines is 1. The molecular formula is C22H22N2O3S. The topological polar surface area (TPSA) is 68.3 Å². The predicted octanol–water partition coefficient (Wildman–Crippen LogP) is 4.79. The molecule has 1 aromatic heterocycles. The summed E-state index contributed by atoms with van der Waals surface area (Å²) in [6.45, 7) is 3.66. The first-order valence-corrected chi connectivity index (χ1v) is 9.92. The number of benzene rings is 2. The number of hydrogen-bond acceptors (Lipinski definition) is 5. The van der Waals surface area contributed by atoms with E-state index in [0.717, 1.165) is 16.8 Å². The van der Waals surface area contributed by atoms with Crippen LogP contribution in [0.4, 0.5) is 5.13 Å². The zero-order valence-electron chi connectivity index (χ0n) is 15.8. The van der Waals surface area contributed by atoms with E-state index in [1.165, 1.54) is 16.9 Å². The monoisotopic (exact) mass is 394 g/mol. The molecule has 0 aliphatic heterocycles. The Morgan fingerprint density at radius 3 is 2.54 bits per heavy atom. The van der Waals surface area contributed by atoms with Gasteiger partial charge < -0.3 is 4.74 Å². The molecule has 28 heavy (non-hydrogen) atoms. The van der Waals surface area contributed by atoms with E-state index in [1.807, 2.05) is 73.8 Å². The van der Waals surface area contributed by atoms with E-state index < -0.39 is 11.9 Å². The van der Waals surface area contributed by atoms with Crippen LogP contribution in [-0.4, -0.2) is 23.5 Å². The molecule has 3 aromatic rings. The van der Waals surface area contributed by atoms with Crippen molar-refractivity contribution in [3.63, 3.8) is 0 Å². The maximum absolute atomic E-state index is 12.0. The maximum Gasteiger partial charge on any atom is 0.306 e. The van der Waals surface area contributed by atoms with Crippen LogP contribution in [0, 0.1) is 6.92 Å². The van der Waals surface area contributed by atoms with Gasteiger partial charge >= 0.3 is 5.97 Å². The smallest absolute Gasteiger partial charge is 0.306 e. The van der Waals surface area contributed by atoms with Crippen molar-refractivity contribution in [3.8, 4) is 11.3 Å². The minimum atomic E-state index is -0.398.